The van der Waals surface area contributed by atoms with E-state index in [-0.39, 0.29) is 29.6 Å². The minimum Gasteiger partial charge on any atom is -0.381 e. The number of halogens is 2. The first kappa shape index (κ1) is 21.5. The van der Waals surface area contributed by atoms with Crippen LogP contribution in [-0.2, 0) is 16.0 Å². The van der Waals surface area contributed by atoms with Crippen LogP contribution in [0.3, 0.4) is 0 Å². The van der Waals surface area contributed by atoms with E-state index in [1.54, 1.807) is 7.11 Å². The summed E-state index contributed by atoms with van der Waals surface area (Å²) in [7, 11) is 1.76. The van der Waals surface area contributed by atoms with Crippen LogP contribution in [0.5, 0.6) is 0 Å². The fourth-order valence-corrected chi connectivity index (χ4v) is 2.77. The van der Waals surface area contributed by atoms with E-state index in [9.17, 15) is 0 Å². The number of nitrogens with zero attached hydrogens (tertiary/aromatic N) is 1. The Morgan fingerprint density at radius 1 is 1.29 bits per heavy atom. The molecule has 1 aliphatic heterocycles. The summed E-state index contributed by atoms with van der Waals surface area (Å²) < 4.78 is 11.2. The lowest BCUT2D eigenvalue weighted by atomic mass is 9.94. The molecule has 136 valence electrons. The van der Waals surface area contributed by atoms with Crippen LogP contribution in [0, 0.1) is 0 Å². The molecule has 0 radical (unpaired) electrons. The van der Waals surface area contributed by atoms with Gasteiger partial charge in [0.2, 0.25) is 0 Å². The largest absolute Gasteiger partial charge is 0.381 e. The Morgan fingerprint density at radius 3 is 2.62 bits per heavy atom. The number of benzene rings is 1. The standard InChI is InChI=1S/C17H26ClN3O2.HI/c1-3-19-16(20-12-14-6-4-5-7-15(14)18)21-13-17(22-2)8-10-23-11-9-17;/h4-7H,3,8-13H2,1-2H3,(H2,19,20,21);1H. The number of aliphatic imine (C=N–C) groups is 1. The summed E-state index contributed by atoms with van der Waals surface area (Å²) in [6, 6.07) is 7.77. The number of rotatable bonds is 6. The van der Waals surface area contributed by atoms with Gasteiger partial charge in [-0.1, -0.05) is 29.8 Å². The van der Waals surface area contributed by atoms with E-state index in [0.29, 0.717) is 13.1 Å². The molecule has 1 aromatic carbocycles. The van der Waals surface area contributed by atoms with Gasteiger partial charge >= 0.3 is 0 Å². The van der Waals surface area contributed by atoms with Crippen molar-refractivity contribution in [3.63, 3.8) is 0 Å². The molecule has 2 rings (SSSR count). The lowest BCUT2D eigenvalue weighted by Gasteiger charge is -2.36. The molecule has 7 heteroatoms. The van der Waals surface area contributed by atoms with Crippen LogP contribution < -0.4 is 10.6 Å². The van der Waals surface area contributed by atoms with Gasteiger partial charge in [0.1, 0.15) is 0 Å². The SMILES string of the molecule is CCNC(=NCc1ccccc1Cl)NCC1(OC)CCOCC1.I. The number of guanidine groups is 1. The maximum absolute atomic E-state index is 6.18. The number of hydrogen-bond acceptors (Lipinski definition) is 3. The molecule has 2 N–H and O–H groups in total. The zero-order valence-corrected chi connectivity index (χ0v) is 17.4. The number of hydrogen-bond donors (Lipinski definition) is 2. The third kappa shape index (κ3) is 6.38. The van der Waals surface area contributed by atoms with Crippen LogP contribution in [0.1, 0.15) is 25.3 Å². The van der Waals surface area contributed by atoms with Crippen LogP contribution in [0.2, 0.25) is 5.02 Å². The Bertz CT molecular complexity index is 522. The second kappa shape index (κ2) is 11.1. The Balaban J connectivity index is 0.00000288. The van der Waals surface area contributed by atoms with Crippen molar-refractivity contribution in [2.45, 2.75) is 31.9 Å². The van der Waals surface area contributed by atoms with E-state index in [0.717, 1.165) is 49.1 Å². The summed E-state index contributed by atoms with van der Waals surface area (Å²) in [5.74, 6) is 0.773. The highest BCUT2D eigenvalue weighted by atomic mass is 127. The van der Waals surface area contributed by atoms with Gasteiger partial charge in [0.05, 0.1) is 12.1 Å². The number of ether oxygens (including phenoxy) is 2. The topological polar surface area (TPSA) is 54.9 Å². The average molecular weight is 468 g/mol. The number of nitrogens with one attached hydrogen (secondary N) is 2. The fourth-order valence-electron chi connectivity index (χ4n) is 2.57. The van der Waals surface area contributed by atoms with Gasteiger partial charge in [-0.25, -0.2) is 4.99 Å². The van der Waals surface area contributed by atoms with E-state index in [1.807, 2.05) is 31.2 Å². The fraction of sp³-hybridized carbons (Fsp3) is 0.588. The highest BCUT2D eigenvalue weighted by Gasteiger charge is 2.32. The molecule has 0 amide bonds. The van der Waals surface area contributed by atoms with Crippen LogP contribution in [0.25, 0.3) is 0 Å². The Kier molecular flexibility index (Phi) is 9.95. The Hall–Kier alpha value is -0.570. The molecular formula is C17H27ClIN3O2. The van der Waals surface area contributed by atoms with Crippen LogP contribution in [0.15, 0.2) is 29.3 Å². The molecule has 0 saturated carbocycles. The molecule has 1 aromatic rings. The van der Waals surface area contributed by atoms with E-state index in [4.69, 9.17) is 21.1 Å². The van der Waals surface area contributed by atoms with Crippen molar-refractivity contribution in [3.8, 4) is 0 Å². The van der Waals surface area contributed by atoms with Crippen molar-refractivity contribution in [3.05, 3.63) is 34.9 Å². The highest BCUT2D eigenvalue weighted by molar-refractivity contribution is 14.0. The average Bonchev–Trinajstić information content (AvgIpc) is 2.59. The van der Waals surface area contributed by atoms with Crippen molar-refractivity contribution in [1.29, 1.82) is 0 Å². The molecule has 5 nitrogen and oxygen atoms in total. The molecule has 0 aromatic heterocycles. The highest BCUT2D eigenvalue weighted by Crippen LogP contribution is 2.23. The molecule has 0 bridgehead atoms. The normalized spacial score (nSPS) is 17.0. The molecule has 0 spiro atoms. The Labute approximate surface area is 166 Å². The molecule has 1 aliphatic rings. The van der Waals surface area contributed by atoms with E-state index in [2.05, 4.69) is 15.6 Å². The van der Waals surface area contributed by atoms with Gasteiger partial charge in [0.15, 0.2) is 5.96 Å². The zero-order chi connectivity index (χ0) is 16.5. The smallest absolute Gasteiger partial charge is 0.191 e. The first-order valence-electron chi connectivity index (χ1n) is 8.07. The minimum absolute atomic E-state index is 0. The molecule has 0 aliphatic carbocycles. The predicted molar refractivity (Wildman–Crippen MR) is 109 cm³/mol. The van der Waals surface area contributed by atoms with Gasteiger partial charge in [-0.3, -0.25) is 0 Å². The van der Waals surface area contributed by atoms with Gasteiger partial charge in [0, 0.05) is 51.3 Å². The van der Waals surface area contributed by atoms with Gasteiger partial charge < -0.3 is 20.1 Å². The second-order valence-electron chi connectivity index (χ2n) is 5.64. The lowest BCUT2D eigenvalue weighted by molar-refractivity contribution is -0.0855. The van der Waals surface area contributed by atoms with Crippen molar-refractivity contribution < 1.29 is 9.47 Å². The van der Waals surface area contributed by atoms with Crippen molar-refractivity contribution >= 4 is 41.5 Å². The molecule has 24 heavy (non-hydrogen) atoms. The van der Waals surface area contributed by atoms with E-state index >= 15 is 0 Å². The number of methoxy groups -OCH3 is 1. The second-order valence-corrected chi connectivity index (χ2v) is 6.05. The van der Waals surface area contributed by atoms with Crippen LogP contribution in [-0.4, -0.2) is 45.0 Å². The third-order valence-corrected chi connectivity index (χ3v) is 4.49. The summed E-state index contributed by atoms with van der Waals surface area (Å²) in [6.45, 7) is 5.58. The van der Waals surface area contributed by atoms with Crippen LogP contribution >= 0.6 is 35.6 Å². The predicted octanol–water partition coefficient (Wildman–Crippen LogP) is 3.21. The van der Waals surface area contributed by atoms with Gasteiger partial charge in [0.25, 0.3) is 0 Å². The van der Waals surface area contributed by atoms with E-state index < -0.39 is 0 Å². The summed E-state index contributed by atoms with van der Waals surface area (Å²) >= 11 is 6.18. The molecule has 1 fully saturated rings. The van der Waals surface area contributed by atoms with Crippen LogP contribution in [0.4, 0.5) is 0 Å². The summed E-state index contributed by atoms with van der Waals surface area (Å²) in [5.41, 5.74) is 0.831. The quantitative estimate of drug-likeness (QED) is 0.383. The van der Waals surface area contributed by atoms with Gasteiger partial charge in [-0.2, -0.15) is 0 Å². The van der Waals surface area contributed by atoms with Crippen molar-refractivity contribution in [2.75, 3.05) is 33.4 Å². The maximum Gasteiger partial charge on any atom is 0.191 e. The third-order valence-electron chi connectivity index (χ3n) is 4.12. The molecular weight excluding hydrogens is 441 g/mol. The minimum atomic E-state index is -0.182. The van der Waals surface area contributed by atoms with Crippen molar-refractivity contribution in [1.82, 2.24) is 10.6 Å². The molecule has 0 unspecified atom stereocenters. The van der Waals surface area contributed by atoms with Gasteiger partial charge in [-0.15, -0.1) is 24.0 Å². The molecule has 1 heterocycles. The monoisotopic (exact) mass is 467 g/mol. The first-order chi connectivity index (χ1) is 11.2. The van der Waals surface area contributed by atoms with Crippen molar-refractivity contribution in [2.24, 2.45) is 4.99 Å². The van der Waals surface area contributed by atoms with E-state index in [1.165, 1.54) is 0 Å². The maximum atomic E-state index is 6.18. The molecule has 0 atom stereocenters. The van der Waals surface area contributed by atoms with Gasteiger partial charge in [-0.05, 0) is 18.6 Å². The summed E-state index contributed by atoms with van der Waals surface area (Å²) in [6.07, 6.45) is 1.78. The summed E-state index contributed by atoms with van der Waals surface area (Å²) in [5, 5.41) is 7.39. The Morgan fingerprint density at radius 2 is 2.00 bits per heavy atom. The lowest BCUT2D eigenvalue weighted by Crippen LogP contribution is -2.50. The first-order valence-corrected chi connectivity index (χ1v) is 8.45. The summed E-state index contributed by atoms with van der Waals surface area (Å²) in [4.78, 5) is 4.62. The zero-order valence-electron chi connectivity index (χ0n) is 14.3. The molecule has 1 saturated heterocycles.